The van der Waals surface area contributed by atoms with Crippen molar-refractivity contribution in [1.29, 1.82) is 0 Å². The van der Waals surface area contributed by atoms with Crippen molar-refractivity contribution in [2.24, 2.45) is 0 Å². The quantitative estimate of drug-likeness (QED) is 0.212. The molecule has 0 fully saturated rings. The molecule has 0 saturated carbocycles. The molecule has 0 nitrogen and oxygen atoms in total. The van der Waals surface area contributed by atoms with E-state index in [1.807, 2.05) is 83.1 Å². The zero-order valence-corrected chi connectivity index (χ0v) is 150. The van der Waals surface area contributed by atoms with E-state index in [4.69, 9.17) is 0 Å². The summed E-state index contributed by atoms with van der Waals surface area (Å²) in [7, 11) is 10.0. The third kappa shape index (κ3) is 415. The van der Waals surface area contributed by atoms with Gasteiger partial charge in [-0.1, -0.05) is 135 Å². The number of rotatable bonds is 0. The molecular weight excluding hydrogens is 1550 g/mol. The molecule has 5 radical (unpaired) electrons. The van der Waals surface area contributed by atoms with Crippen molar-refractivity contribution in [1.82, 2.24) is 0 Å². The Morgan fingerprint density at radius 3 is 0.218 bits per heavy atom. The number of hydrogen-bond donors (Lipinski definition) is 0. The van der Waals surface area contributed by atoms with Gasteiger partial charge in [-0.3, -0.25) is 0 Å². The summed E-state index contributed by atoms with van der Waals surface area (Å²) < 4.78 is 0. The molecule has 0 aliphatic heterocycles. The molecule has 0 bridgehead atoms. The van der Waals surface area contributed by atoms with E-state index in [2.05, 4.69) is 15.5 Å². The van der Waals surface area contributed by atoms with Crippen molar-refractivity contribution in [3.63, 3.8) is 0 Å². The molecule has 0 N–H and O–H groups in total. The average Bonchev–Trinajstić information content (AvgIpc) is 3.24. The molecule has 0 aromatic carbocycles. The van der Waals surface area contributed by atoms with E-state index >= 15 is 0 Å². The molecule has 0 heterocycles. The van der Waals surface area contributed by atoms with Gasteiger partial charge in [-0.15, -0.1) is 0 Å². The van der Waals surface area contributed by atoms with Crippen LogP contribution in [0.25, 0.3) is 0 Å². The van der Waals surface area contributed by atoms with Crippen LogP contribution in [0, 0.1) is 0 Å². The Kier molecular flexibility index (Phi) is 1630. The van der Waals surface area contributed by atoms with Gasteiger partial charge in [-0.2, -0.15) is 0 Å². The maximum absolute atomic E-state index is 4.50. The van der Waals surface area contributed by atoms with Crippen LogP contribution in [0.1, 0.15) is 146 Å². The first-order chi connectivity index (χ1) is 21.4. The summed E-state index contributed by atoms with van der Waals surface area (Å²) >= 11 is 35.0. The second-order valence-electron chi connectivity index (χ2n) is 0.192. The molecule has 0 rings (SSSR count). The Balaban J connectivity index is -0.00000000204. The van der Waals surface area contributed by atoms with E-state index in [9.17, 15) is 0 Å². The molecule has 0 unspecified atom stereocenters. The van der Waals surface area contributed by atoms with Gasteiger partial charge in [0, 0.05) is 26.8 Å². The summed E-state index contributed by atoms with van der Waals surface area (Å²) in [6.45, 7) is 24.0. The Bertz CT molecular complexity index is 101. The minimum absolute atomic E-state index is 0. The van der Waals surface area contributed by atoms with Crippen molar-refractivity contribution in [3.8, 4) is 0 Å². The summed E-state index contributed by atoms with van der Waals surface area (Å²) in [5, 5.41) is 0. The van der Waals surface area contributed by atoms with Crippen molar-refractivity contribution in [2.45, 2.75) is 135 Å². The Hall–Kier alpha value is 54.2. The van der Waals surface area contributed by atoms with Gasteiger partial charge in [0.2, 0.25) is 0 Å². The van der Waals surface area contributed by atoms with Crippen molar-refractivity contribution in [3.05, 3.63) is 0 Å². The van der Waals surface area contributed by atoms with Gasteiger partial charge in [-0.05, 0) is 0 Å². The summed E-state index contributed by atoms with van der Waals surface area (Å²) in [5.74, 6) is 0. The second kappa shape index (κ2) is 408. The number of hydrogen-bond acceptors (Lipinski definition) is 0. The maximum atomic E-state index is 4.50. The molecule has 0 spiro atoms. The molecule has 0 aromatic rings. The van der Waals surface area contributed by atoms with Crippen LogP contribution in [0.5, 0.6) is 0 Å². The fourth-order valence-corrected chi connectivity index (χ4v) is 0. The van der Waals surface area contributed by atoms with Gasteiger partial charge in [0.1, 0.15) is 0 Å². The predicted molar refractivity (Wildman–Crippen MR) is 305 cm³/mol. The van der Waals surface area contributed by atoms with Crippen molar-refractivity contribution in [2.75, 3.05) is 0 Å². The first kappa shape index (κ1) is 220. The van der Waals surface area contributed by atoms with Crippen LogP contribution in [0.3, 0.4) is 0 Å². The first-order valence-electron chi connectivity index (χ1n) is 20.7. The molecule has 0 aromatic heterocycles. The van der Waals surface area contributed by atoms with Gasteiger partial charge in [0.25, 0.3) is 0 Å². The molecular formula is C19H75B3K33. The predicted octanol–water partition coefficient (Wildman–Crippen LogP) is -14.9. The Morgan fingerprint density at radius 2 is 0.218 bits per heavy atom. The average molecular weight is 1630 g/mol. The van der Waals surface area contributed by atoms with Gasteiger partial charge in [0.05, 0.1) is 0 Å². The Morgan fingerprint density at radius 1 is 0.218 bits per heavy atom. The van der Waals surface area contributed by atoms with E-state index in [-0.39, 0.29) is 320 Å². The van der Waals surface area contributed by atoms with Gasteiger partial charge in [-0.25, -0.2) is 0 Å². The minimum atomic E-state index is 0. The summed E-state index contributed by atoms with van der Waals surface area (Å²) in [6, 6.07) is 0. The third-order valence-corrected chi connectivity index (χ3v) is 0. The van der Waals surface area contributed by atoms with E-state index < -0.39 is 0 Å². The first-order valence-corrected chi connectivity index (χ1v) is 245. The topological polar surface area (TPSA) is 0 Å². The van der Waals surface area contributed by atoms with E-state index in [1.54, 1.807) is 0 Å². The summed E-state index contributed by atoms with van der Waals surface area (Å²) in [4.78, 5) is 0. The molecule has 55 heavy (non-hydrogen) atoms. The normalized spacial score (nSPS) is 2.91. The van der Waals surface area contributed by atoms with Crippen LogP contribution in [0.4, 0.5) is 0 Å². The van der Waals surface area contributed by atoms with Gasteiger partial charge in [0.15, 0.2) is 0 Å². The molecule has 0 amide bonds. The van der Waals surface area contributed by atoms with Crippen molar-refractivity contribution < 1.29 is 268 Å². The fraction of sp³-hybridized carbons (Fsp3) is 1.00. The van der Waals surface area contributed by atoms with Crippen LogP contribution in [0.2, 0.25) is 0 Å². The zero-order chi connectivity index (χ0) is 42.7. The Labute approximate surface area is 1230 Å². The third-order valence-electron chi connectivity index (χ3n) is 0. The van der Waals surface area contributed by atoms with Crippen LogP contribution in [0.15, 0.2) is 0 Å². The van der Waals surface area contributed by atoms with Gasteiger partial charge >= 0.3 is 1140 Å². The van der Waals surface area contributed by atoms with E-state index in [0.29, 0.717) is 0 Å². The fourth-order valence-electron chi connectivity index (χ4n) is 0. The van der Waals surface area contributed by atoms with Gasteiger partial charge < -0.3 is 7.13 Å². The summed E-state index contributed by atoms with van der Waals surface area (Å²) in [6.07, 6.45) is 0. The van der Waals surface area contributed by atoms with Crippen LogP contribution < -0.4 is 257 Å². The summed E-state index contributed by atoms with van der Waals surface area (Å²) in [5.41, 5.74) is 0. The van der Waals surface area contributed by atoms with Crippen LogP contribution in [-0.4, -0.2) is 907 Å². The molecule has 193 valence electrons. The SMILES string of the molecule is C.C.C.C.C.C.C.CC.CC.CC.CC.CC.CC.[2HH].[2HH].[2HH].[B][B][B].[H-].[H-].[H-].[H-].[H-].[K+].[K+].[K+].[K+].[K+].[K][K].[K][K].[K][K].[K][K].[K][K].[K][K].[K][K].[K][K].[K][K].[K][K].[K][K].[K][K].[K][K].[K][K]. The molecule has 36 heteroatoms. The van der Waals surface area contributed by atoms with E-state index in [1.165, 1.54) is 884 Å². The molecule has 0 aliphatic carbocycles. The zero-order valence-electron chi connectivity index (χ0n) is 51.7. The molecule has 0 atom stereocenters. The molecule has 0 saturated heterocycles. The second-order valence-corrected chi connectivity index (χ2v) is 0.192. The van der Waals surface area contributed by atoms with Crippen LogP contribution >= 0.6 is 0 Å². The standard InChI is InChI=1S/6C2H6.7CH4.B3.33K.3H2.5H/c6*1-2;;;;;;;;1-3-2;;;;;;;;;;;;;;;;;;;;;;;;;;;;;;;;;;;;;;;;;/h6*1-2H3;7*1H4;;;;;;;;;;;;;;;;;;;;;;;;;;;;;;;;;;;3*1H;;;;;/q;;;;;;;;;;;;;;;;;;;;;;;;;;;;;;;;;;;;;;;;;;5*+1;;;;5*-1/i;;;;;;;;;;;;;;;;;;;;;;;;;;;;;;;;;;;;;;;;;;;;;;;3*1+1;;;;;. The monoisotopic (exact) mass is 1630 g/mol. The van der Waals surface area contributed by atoms with Crippen LogP contribution in [-0.2, 0) is 0 Å². The molecule has 0 aliphatic rings. The van der Waals surface area contributed by atoms with Crippen molar-refractivity contribution >= 4 is 907 Å². The van der Waals surface area contributed by atoms with E-state index in [0.717, 1.165) is 7.06 Å².